The molecule has 0 aromatic rings. The second kappa shape index (κ2) is 6.16. The summed E-state index contributed by atoms with van der Waals surface area (Å²) in [4.78, 5) is 10.1. The molecule has 0 aliphatic heterocycles. The minimum atomic E-state index is -0.692. The summed E-state index contributed by atoms with van der Waals surface area (Å²) < 4.78 is 0. The lowest BCUT2D eigenvalue weighted by atomic mass is 10.1. The van der Waals surface area contributed by atoms with E-state index in [4.69, 9.17) is 5.11 Å². The van der Waals surface area contributed by atoms with Crippen LogP contribution in [0.5, 0.6) is 0 Å². The van der Waals surface area contributed by atoms with Gasteiger partial charge < -0.3 is 10.4 Å². The number of rotatable bonds is 6. The minimum Gasteiger partial charge on any atom is -0.481 e. The van der Waals surface area contributed by atoms with Crippen molar-refractivity contribution in [1.29, 1.82) is 0 Å². The fourth-order valence-corrected chi connectivity index (χ4v) is 0.871. The summed E-state index contributed by atoms with van der Waals surface area (Å²) >= 11 is 0. The summed E-state index contributed by atoms with van der Waals surface area (Å²) in [6.45, 7) is 2.10. The molecule has 0 fully saturated rings. The Labute approximate surface area is 67.8 Å². The largest absolute Gasteiger partial charge is 0.481 e. The van der Waals surface area contributed by atoms with E-state index >= 15 is 0 Å². The second-order valence-electron chi connectivity index (χ2n) is 2.83. The van der Waals surface area contributed by atoms with Crippen LogP contribution >= 0.6 is 0 Å². The number of hydrogen-bond acceptors (Lipinski definition) is 2. The first-order chi connectivity index (χ1) is 5.16. The van der Waals surface area contributed by atoms with Gasteiger partial charge in [0.15, 0.2) is 0 Å². The van der Waals surface area contributed by atoms with E-state index in [1.54, 1.807) is 0 Å². The smallest absolute Gasteiger partial charge is 0.303 e. The van der Waals surface area contributed by atoms with E-state index in [1.807, 2.05) is 7.05 Å². The molecule has 0 aliphatic rings. The van der Waals surface area contributed by atoms with E-state index < -0.39 is 5.97 Å². The van der Waals surface area contributed by atoms with Gasteiger partial charge in [0.1, 0.15) is 0 Å². The normalized spacial score (nSPS) is 12.9. The highest BCUT2D eigenvalue weighted by Gasteiger charge is 1.99. The number of unbranched alkanes of at least 4 members (excludes halogenated alkanes) is 1. The van der Waals surface area contributed by atoms with Gasteiger partial charge in [-0.1, -0.05) is 6.42 Å². The summed E-state index contributed by atoms with van der Waals surface area (Å²) in [7, 11) is 1.92. The van der Waals surface area contributed by atoms with Gasteiger partial charge in [-0.05, 0) is 26.8 Å². The second-order valence-corrected chi connectivity index (χ2v) is 2.83. The molecule has 66 valence electrons. The lowest BCUT2D eigenvalue weighted by Crippen LogP contribution is -2.20. The monoisotopic (exact) mass is 159 g/mol. The predicted octanol–water partition coefficient (Wildman–Crippen LogP) is 1.24. The molecule has 3 heteroatoms. The summed E-state index contributed by atoms with van der Waals surface area (Å²) in [5.41, 5.74) is 0. The van der Waals surface area contributed by atoms with Crippen molar-refractivity contribution in [3.63, 3.8) is 0 Å². The van der Waals surface area contributed by atoms with Crippen LogP contribution < -0.4 is 5.32 Å². The summed E-state index contributed by atoms with van der Waals surface area (Å²) in [6, 6.07) is 0.504. The highest BCUT2D eigenvalue weighted by atomic mass is 16.4. The van der Waals surface area contributed by atoms with Crippen molar-refractivity contribution in [3.05, 3.63) is 0 Å². The molecule has 0 aromatic heterocycles. The molecular formula is C8H17NO2. The van der Waals surface area contributed by atoms with E-state index in [9.17, 15) is 4.79 Å². The molecule has 0 amide bonds. The van der Waals surface area contributed by atoms with Crippen molar-refractivity contribution < 1.29 is 9.90 Å². The van der Waals surface area contributed by atoms with Crippen LogP contribution in [-0.4, -0.2) is 24.2 Å². The van der Waals surface area contributed by atoms with Gasteiger partial charge in [-0.15, -0.1) is 0 Å². The Morgan fingerprint density at radius 1 is 1.55 bits per heavy atom. The van der Waals surface area contributed by atoms with Crippen LogP contribution in [0.15, 0.2) is 0 Å². The van der Waals surface area contributed by atoms with Gasteiger partial charge in [-0.3, -0.25) is 4.79 Å². The van der Waals surface area contributed by atoms with Gasteiger partial charge in [0, 0.05) is 12.5 Å². The highest BCUT2D eigenvalue weighted by Crippen LogP contribution is 2.02. The van der Waals surface area contributed by atoms with E-state index in [0.717, 1.165) is 19.3 Å². The van der Waals surface area contributed by atoms with Crippen LogP contribution in [0.3, 0.4) is 0 Å². The number of aliphatic carboxylic acids is 1. The minimum absolute atomic E-state index is 0.302. The first kappa shape index (κ1) is 10.4. The first-order valence-electron chi connectivity index (χ1n) is 4.06. The Kier molecular flexibility index (Phi) is 5.84. The zero-order valence-corrected chi connectivity index (χ0v) is 7.26. The topological polar surface area (TPSA) is 49.3 Å². The van der Waals surface area contributed by atoms with Crippen molar-refractivity contribution in [3.8, 4) is 0 Å². The van der Waals surface area contributed by atoms with Crippen molar-refractivity contribution in [2.45, 2.75) is 38.6 Å². The average molecular weight is 159 g/mol. The molecule has 0 aromatic carbocycles. The SMILES string of the molecule is CNC(C)CCCCC(=O)O. The maximum atomic E-state index is 10.1. The summed E-state index contributed by atoms with van der Waals surface area (Å²) in [5, 5.41) is 11.4. The van der Waals surface area contributed by atoms with Crippen LogP contribution in [0.25, 0.3) is 0 Å². The van der Waals surface area contributed by atoms with Crippen LogP contribution in [0.1, 0.15) is 32.6 Å². The molecule has 2 N–H and O–H groups in total. The van der Waals surface area contributed by atoms with Crippen LogP contribution in [0.2, 0.25) is 0 Å². The van der Waals surface area contributed by atoms with Crippen LogP contribution in [-0.2, 0) is 4.79 Å². The Hall–Kier alpha value is -0.570. The molecule has 0 saturated heterocycles. The van der Waals surface area contributed by atoms with Crippen LogP contribution in [0.4, 0.5) is 0 Å². The maximum Gasteiger partial charge on any atom is 0.303 e. The molecule has 0 rings (SSSR count). The number of carboxylic acids is 1. The third-order valence-corrected chi connectivity index (χ3v) is 1.77. The highest BCUT2D eigenvalue weighted by molar-refractivity contribution is 5.66. The summed E-state index contributed by atoms with van der Waals surface area (Å²) in [5.74, 6) is -0.692. The fourth-order valence-electron chi connectivity index (χ4n) is 0.871. The Balaban J connectivity index is 3.08. The Bertz CT molecular complexity index is 115. The fraction of sp³-hybridized carbons (Fsp3) is 0.875. The number of carboxylic acid groups (broad SMARTS) is 1. The van der Waals surface area contributed by atoms with Gasteiger partial charge in [-0.25, -0.2) is 0 Å². The van der Waals surface area contributed by atoms with Crippen LogP contribution in [0, 0.1) is 0 Å². The number of hydrogen-bond donors (Lipinski definition) is 2. The molecule has 1 unspecified atom stereocenters. The average Bonchev–Trinajstić information content (AvgIpc) is 1.97. The third-order valence-electron chi connectivity index (χ3n) is 1.77. The molecule has 0 saturated carbocycles. The lowest BCUT2D eigenvalue weighted by Gasteiger charge is -2.07. The number of carbonyl (C=O) groups is 1. The van der Waals surface area contributed by atoms with E-state index in [1.165, 1.54) is 0 Å². The molecule has 0 radical (unpaired) electrons. The van der Waals surface area contributed by atoms with Gasteiger partial charge >= 0.3 is 5.97 Å². The quantitative estimate of drug-likeness (QED) is 0.573. The first-order valence-corrected chi connectivity index (χ1v) is 4.06. The zero-order valence-electron chi connectivity index (χ0n) is 7.26. The van der Waals surface area contributed by atoms with E-state index in [2.05, 4.69) is 12.2 Å². The molecule has 0 bridgehead atoms. The van der Waals surface area contributed by atoms with Crippen molar-refractivity contribution in [1.82, 2.24) is 5.32 Å². The Morgan fingerprint density at radius 3 is 2.64 bits per heavy atom. The van der Waals surface area contributed by atoms with Crippen molar-refractivity contribution in [2.75, 3.05) is 7.05 Å². The molecule has 11 heavy (non-hydrogen) atoms. The van der Waals surface area contributed by atoms with Gasteiger partial charge in [0.05, 0.1) is 0 Å². The van der Waals surface area contributed by atoms with Gasteiger partial charge in [0.2, 0.25) is 0 Å². The molecule has 0 heterocycles. The lowest BCUT2D eigenvalue weighted by molar-refractivity contribution is -0.137. The molecule has 3 nitrogen and oxygen atoms in total. The van der Waals surface area contributed by atoms with Crippen molar-refractivity contribution >= 4 is 5.97 Å². The van der Waals surface area contributed by atoms with Gasteiger partial charge in [0.25, 0.3) is 0 Å². The third kappa shape index (κ3) is 7.33. The Morgan fingerprint density at radius 2 is 2.18 bits per heavy atom. The molecular weight excluding hydrogens is 142 g/mol. The molecule has 1 atom stereocenters. The maximum absolute atomic E-state index is 10.1. The van der Waals surface area contributed by atoms with Crippen molar-refractivity contribution in [2.24, 2.45) is 0 Å². The standard InChI is InChI=1S/C8H17NO2/c1-7(9-2)5-3-4-6-8(10)11/h7,9H,3-6H2,1-2H3,(H,10,11). The zero-order chi connectivity index (χ0) is 8.69. The van der Waals surface area contributed by atoms with E-state index in [-0.39, 0.29) is 0 Å². The predicted molar refractivity (Wildman–Crippen MR) is 44.6 cm³/mol. The summed E-state index contributed by atoms with van der Waals surface area (Å²) in [6.07, 6.45) is 3.15. The number of nitrogens with one attached hydrogen (secondary N) is 1. The van der Waals surface area contributed by atoms with Gasteiger partial charge in [-0.2, -0.15) is 0 Å². The molecule has 0 aliphatic carbocycles. The van der Waals surface area contributed by atoms with E-state index in [0.29, 0.717) is 12.5 Å². The molecule has 0 spiro atoms.